The van der Waals surface area contributed by atoms with Crippen LogP contribution in [0.5, 0.6) is 0 Å². The summed E-state index contributed by atoms with van der Waals surface area (Å²) in [5, 5.41) is 12.0. The molecule has 9 nitrogen and oxygen atoms in total. The number of nitrogens with zero attached hydrogens (tertiary/aromatic N) is 5. The van der Waals surface area contributed by atoms with Crippen molar-refractivity contribution in [1.29, 1.82) is 0 Å². The van der Waals surface area contributed by atoms with Gasteiger partial charge < -0.3 is 14.5 Å². The van der Waals surface area contributed by atoms with E-state index >= 15 is 0 Å². The van der Waals surface area contributed by atoms with Crippen molar-refractivity contribution in [1.82, 2.24) is 19.7 Å². The summed E-state index contributed by atoms with van der Waals surface area (Å²) >= 11 is 5.81. The highest BCUT2D eigenvalue weighted by molar-refractivity contribution is 6.29. The number of pyridine rings is 1. The summed E-state index contributed by atoms with van der Waals surface area (Å²) in [6.45, 7) is 3.43. The summed E-state index contributed by atoms with van der Waals surface area (Å²) in [5.74, 6) is 0.109. The van der Waals surface area contributed by atoms with Gasteiger partial charge in [0.05, 0.1) is 31.8 Å². The largest absolute Gasteiger partial charge is 0.468 e. The van der Waals surface area contributed by atoms with Crippen LogP contribution in [-0.2, 0) is 16.1 Å². The quantitative estimate of drug-likeness (QED) is 0.302. The monoisotopic (exact) mass is 383 g/mol. The Labute approximate surface area is 156 Å². The maximum absolute atomic E-state index is 11.7. The molecule has 0 N–H and O–H groups in total. The van der Waals surface area contributed by atoms with Gasteiger partial charge in [-0.3, -0.25) is 19.8 Å². The lowest BCUT2D eigenvalue weighted by molar-refractivity contribution is -0.433. The lowest BCUT2D eigenvalue weighted by Crippen LogP contribution is -2.49. The van der Waals surface area contributed by atoms with Crippen LogP contribution in [0.4, 0.5) is 0 Å². The second kappa shape index (κ2) is 8.81. The first-order chi connectivity index (χ1) is 12.3. The van der Waals surface area contributed by atoms with Crippen LogP contribution in [0.15, 0.2) is 29.8 Å². The Morgan fingerprint density at radius 3 is 2.77 bits per heavy atom. The van der Waals surface area contributed by atoms with E-state index in [2.05, 4.69) is 9.72 Å². The molecule has 1 aliphatic rings. The van der Waals surface area contributed by atoms with Gasteiger partial charge in [-0.1, -0.05) is 17.7 Å². The minimum absolute atomic E-state index is 0.00130. The number of rotatable bonds is 7. The number of esters is 1. The molecule has 10 heteroatoms. The molecule has 2 heterocycles. The van der Waals surface area contributed by atoms with Gasteiger partial charge in [-0.15, -0.1) is 0 Å². The standard InChI is InChI=1S/C16H22ClN5O4/c1-4-21(8-12-5-6-14(17)18-7-12)16-13(22(24)25)9-20(11-19(16)2)10-15(23)26-3/h5-7H,4,8-11H2,1-3H3. The molecular weight excluding hydrogens is 362 g/mol. The molecular formula is C16H22ClN5O4. The molecule has 0 fully saturated rings. The Balaban J connectivity index is 2.28. The smallest absolute Gasteiger partial charge is 0.319 e. The molecule has 0 saturated heterocycles. The normalized spacial score (nSPS) is 15.2. The fourth-order valence-corrected chi connectivity index (χ4v) is 3.00. The zero-order chi connectivity index (χ0) is 19.3. The van der Waals surface area contributed by atoms with Crippen molar-refractivity contribution >= 4 is 17.6 Å². The number of nitro groups is 1. The Bertz CT molecular complexity index is 694. The summed E-state index contributed by atoms with van der Waals surface area (Å²) in [6, 6.07) is 3.53. The molecule has 0 saturated carbocycles. The van der Waals surface area contributed by atoms with Gasteiger partial charge in [0.1, 0.15) is 5.15 Å². The van der Waals surface area contributed by atoms with Crippen LogP contribution in [0, 0.1) is 10.1 Å². The van der Waals surface area contributed by atoms with Gasteiger partial charge in [-0.2, -0.15) is 0 Å². The molecule has 0 amide bonds. The number of ether oxygens (including phenoxy) is 1. The van der Waals surface area contributed by atoms with Crippen molar-refractivity contribution in [3.05, 3.63) is 50.7 Å². The van der Waals surface area contributed by atoms with E-state index in [0.717, 1.165) is 5.56 Å². The van der Waals surface area contributed by atoms with Gasteiger partial charge in [0.15, 0.2) is 5.82 Å². The van der Waals surface area contributed by atoms with Crippen LogP contribution in [0.1, 0.15) is 12.5 Å². The van der Waals surface area contributed by atoms with E-state index in [0.29, 0.717) is 30.7 Å². The highest BCUT2D eigenvalue weighted by Crippen LogP contribution is 2.23. The maximum Gasteiger partial charge on any atom is 0.319 e. The van der Waals surface area contributed by atoms with E-state index in [4.69, 9.17) is 11.6 Å². The molecule has 0 bridgehead atoms. The average molecular weight is 384 g/mol. The number of methoxy groups -OCH3 is 1. The number of hydrogen-bond acceptors (Lipinski definition) is 8. The number of carbonyl (C=O) groups excluding carboxylic acids is 1. The zero-order valence-electron chi connectivity index (χ0n) is 15.0. The van der Waals surface area contributed by atoms with E-state index in [1.165, 1.54) is 7.11 Å². The third kappa shape index (κ3) is 4.83. The molecule has 0 aliphatic carbocycles. The molecule has 26 heavy (non-hydrogen) atoms. The van der Waals surface area contributed by atoms with E-state index in [9.17, 15) is 14.9 Å². The first-order valence-corrected chi connectivity index (χ1v) is 8.46. The van der Waals surface area contributed by atoms with Crippen LogP contribution in [0.2, 0.25) is 5.15 Å². The minimum atomic E-state index is -0.427. The summed E-state index contributed by atoms with van der Waals surface area (Å²) in [6.07, 6.45) is 1.66. The predicted molar refractivity (Wildman–Crippen MR) is 95.6 cm³/mol. The Morgan fingerprint density at radius 2 is 2.23 bits per heavy atom. The second-order valence-electron chi connectivity index (χ2n) is 5.93. The summed E-state index contributed by atoms with van der Waals surface area (Å²) in [4.78, 5) is 32.2. The molecule has 0 radical (unpaired) electrons. The Kier molecular flexibility index (Phi) is 6.76. The van der Waals surface area contributed by atoms with E-state index < -0.39 is 10.9 Å². The van der Waals surface area contributed by atoms with Gasteiger partial charge >= 0.3 is 5.97 Å². The van der Waals surface area contributed by atoms with Crippen LogP contribution in [0.3, 0.4) is 0 Å². The highest BCUT2D eigenvalue weighted by Gasteiger charge is 2.34. The molecule has 0 atom stereocenters. The fourth-order valence-electron chi connectivity index (χ4n) is 2.89. The molecule has 142 valence electrons. The number of halogens is 1. The van der Waals surface area contributed by atoms with E-state index in [-0.39, 0.29) is 18.8 Å². The zero-order valence-corrected chi connectivity index (χ0v) is 15.8. The predicted octanol–water partition coefficient (Wildman–Crippen LogP) is 1.38. The van der Waals surface area contributed by atoms with Gasteiger partial charge in [-0.05, 0) is 18.6 Å². The summed E-state index contributed by atoms with van der Waals surface area (Å²) < 4.78 is 4.65. The van der Waals surface area contributed by atoms with Crippen LogP contribution in [0.25, 0.3) is 0 Å². The summed E-state index contributed by atoms with van der Waals surface area (Å²) in [5.41, 5.74) is 0.947. The first kappa shape index (κ1) is 19.9. The van der Waals surface area contributed by atoms with Gasteiger partial charge in [0.25, 0.3) is 5.70 Å². The van der Waals surface area contributed by atoms with Gasteiger partial charge in [-0.25, -0.2) is 4.98 Å². The van der Waals surface area contributed by atoms with Crippen molar-refractivity contribution in [2.45, 2.75) is 13.5 Å². The van der Waals surface area contributed by atoms with Crippen molar-refractivity contribution in [2.24, 2.45) is 0 Å². The van der Waals surface area contributed by atoms with E-state index in [1.807, 2.05) is 17.9 Å². The molecule has 1 aliphatic heterocycles. The number of carbonyl (C=O) groups is 1. The number of aromatic nitrogens is 1. The molecule has 0 aromatic carbocycles. The van der Waals surface area contributed by atoms with Crippen molar-refractivity contribution in [2.75, 3.05) is 40.5 Å². The van der Waals surface area contributed by atoms with Crippen molar-refractivity contribution in [3.63, 3.8) is 0 Å². The average Bonchev–Trinajstić information content (AvgIpc) is 2.61. The summed E-state index contributed by atoms with van der Waals surface area (Å²) in [7, 11) is 3.07. The van der Waals surface area contributed by atoms with Gasteiger partial charge in [0.2, 0.25) is 0 Å². The Morgan fingerprint density at radius 1 is 1.50 bits per heavy atom. The van der Waals surface area contributed by atoms with E-state index in [1.54, 1.807) is 29.1 Å². The lowest BCUT2D eigenvalue weighted by Gasteiger charge is -2.38. The van der Waals surface area contributed by atoms with Crippen LogP contribution < -0.4 is 0 Å². The molecule has 0 spiro atoms. The topological polar surface area (TPSA) is 92.0 Å². The molecule has 1 aromatic rings. The number of hydrogen-bond donors (Lipinski definition) is 0. The fraction of sp³-hybridized carbons (Fsp3) is 0.500. The SMILES string of the molecule is CCN(Cc1ccc(Cl)nc1)C1=C([N+](=O)[O-])CN(CC(=O)OC)CN1C. The maximum atomic E-state index is 11.7. The third-order valence-corrected chi connectivity index (χ3v) is 4.27. The second-order valence-corrected chi connectivity index (χ2v) is 6.32. The lowest BCUT2D eigenvalue weighted by atomic mass is 10.2. The van der Waals surface area contributed by atoms with Gasteiger partial charge in [0, 0.05) is 26.3 Å². The van der Waals surface area contributed by atoms with Crippen LogP contribution >= 0.6 is 11.6 Å². The molecule has 0 unspecified atom stereocenters. The molecule has 1 aromatic heterocycles. The Hall–Kier alpha value is -2.39. The first-order valence-electron chi connectivity index (χ1n) is 8.08. The van der Waals surface area contributed by atoms with Crippen LogP contribution in [-0.4, -0.2) is 71.0 Å². The third-order valence-electron chi connectivity index (χ3n) is 4.05. The van der Waals surface area contributed by atoms with Crippen molar-refractivity contribution in [3.8, 4) is 0 Å². The minimum Gasteiger partial charge on any atom is -0.468 e. The molecule has 2 rings (SSSR count). The highest BCUT2D eigenvalue weighted by atomic mass is 35.5. The van der Waals surface area contributed by atoms with Crippen molar-refractivity contribution < 1.29 is 14.5 Å².